The first-order valence-corrected chi connectivity index (χ1v) is 7.59. The largest absolute Gasteiger partial charge is 0.467 e. The number of hydrogen-bond acceptors (Lipinski definition) is 3. The number of esters is 1. The number of halogens is 1. The first-order valence-electron chi connectivity index (χ1n) is 6.51. The molecule has 0 N–H and O–H groups in total. The van der Waals surface area contributed by atoms with Crippen LogP contribution in [0.25, 0.3) is 0 Å². The minimum atomic E-state index is -1.05. The Morgan fingerprint density at radius 1 is 1.14 bits per heavy atom. The zero-order valence-electron chi connectivity index (χ0n) is 11.9. The van der Waals surface area contributed by atoms with Gasteiger partial charge in [-0.15, -0.1) is 0 Å². The Balaban J connectivity index is 2.40. The highest BCUT2D eigenvalue weighted by atomic mass is 127. The van der Waals surface area contributed by atoms with E-state index < -0.39 is 5.54 Å². The molecule has 0 aliphatic carbocycles. The molecule has 21 heavy (non-hydrogen) atoms. The fraction of sp³-hybridized carbons (Fsp3) is 0.176. The quantitative estimate of drug-likeness (QED) is 0.450. The molecule has 0 aliphatic rings. The maximum absolute atomic E-state index is 12.2. The molecule has 108 valence electrons. The summed E-state index contributed by atoms with van der Waals surface area (Å²) in [7, 11) is 1.38. The smallest absolute Gasteiger partial charge is 0.338 e. The summed E-state index contributed by atoms with van der Waals surface area (Å²) >= 11 is 2.23. The van der Waals surface area contributed by atoms with E-state index in [2.05, 4.69) is 27.6 Å². The van der Waals surface area contributed by atoms with Gasteiger partial charge in [0, 0.05) is 9.78 Å². The van der Waals surface area contributed by atoms with Gasteiger partial charge >= 0.3 is 5.97 Å². The van der Waals surface area contributed by atoms with Crippen molar-refractivity contribution in [3.63, 3.8) is 0 Å². The number of benzene rings is 2. The monoisotopic (exact) mass is 393 g/mol. The standard InChI is InChI=1S/C17H16INO2/c1-17(16(20)21-2,14-8-10-15(18)11-9-14)19-12-13-6-4-3-5-7-13/h3-12H,1-2H3/t17-/m1/s1. The van der Waals surface area contributed by atoms with Gasteiger partial charge in [-0.2, -0.15) is 0 Å². The van der Waals surface area contributed by atoms with E-state index >= 15 is 0 Å². The highest BCUT2D eigenvalue weighted by molar-refractivity contribution is 14.1. The zero-order valence-corrected chi connectivity index (χ0v) is 14.1. The number of aliphatic imine (C=N–C) groups is 1. The number of carbonyl (C=O) groups is 1. The Morgan fingerprint density at radius 2 is 1.76 bits per heavy atom. The molecule has 1 atom stereocenters. The number of hydrogen-bond donors (Lipinski definition) is 0. The topological polar surface area (TPSA) is 38.7 Å². The van der Waals surface area contributed by atoms with Crippen LogP contribution in [0.4, 0.5) is 0 Å². The summed E-state index contributed by atoms with van der Waals surface area (Å²) in [5.74, 6) is -0.379. The molecule has 0 bridgehead atoms. The summed E-state index contributed by atoms with van der Waals surface area (Å²) < 4.78 is 6.04. The lowest BCUT2D eigenvalue weighted by atomic mass is 9.93. The van der Waals surface area contributed by atoms with Gasteiger partial charge in [-0.3, -0.25) is 4.99 Å². The third-order valence-corrected chi connectivity index (χ3v) is 3.98. The van der Waals surface area contributed by atoms with Crippen molar-refractivity contribution in [2.45, 2.75) is 12.5 Å². The SMILES string of the molecule is COC(=O)[C@](C)(N=Cc1ccccc1)c1ccc(I)cc1. The Hall–Kier alpha value is -1.69. The number of nitrogens with zero attached hydrogens (tertiary/aromatic N) is 1. The fourth-order valence-corrected chi connectivity index (χ4v) is 2.32. The predicted molar refractivity (Wildman–Crippen MR) is 92.6 cm³/mol. The molecule has 0 saturated heterocycles. The Labute approximate surface area is 138 Å². The Morgan fingerprint density at radius 3 is 2.33 bits per heavy atom. The van der Waals surface area contributed by atoms with E-state index in [-0.39, 0.29) is 5.97 Å². The van der Waals surface area contributed by atoms with Gasteiger partial charge in [0.05, 0.1) is 7.11 Å². The van der Waals surface area contributed by atoms with Crippen molar-refractivity contribution in [3.8, 4) is 0 Å². The first-order chi connectivity index (χ1) is 10.1. The first kappa shape index (κ1) is 15.7. The van der Waals surface area contributed by atoms with Gasteiger partial charge in [-0.1, -0.05) is 42.5 Å². The summed E-state index contributed by atoms with van der Waals surface area (Å²) in [5.41, 5.74) is 0.703. The summed E-state index contributed by atoms with van der Waals surface area (Å²) in [4.78, 5) is 16.7. The molecule has 0 fully saturated rings. The van der Waals surface area contributed by atoms with Crippen LogP contribution in [0.15, 0.2) is 59.6 Å². The summed E-state index contributed by atoms with van der Waals surface area (Å²) in [6, 6.07) is 17.4. The average molecular weight is 393 g/mol. The van der Waals surface area contributed by atoms with Crippen LogP contribution < -0.4 is 0 Å². The van der Waals surface area contributed by atoms with E-state index in [0.717, 1.165) is 14.7 Å². The summed E-state index contributed by atoms with van der Waals surface area (Å²) in [6.45, 7) is 1.76. The van der Waals surface area contributed by atoms with Crippen LogP contribution in [0.2, 0.25) is 0 Å². The molecule has 2 rings (SSSR count). The van der Waals surface area contributed by atoms with E-state index in [1.807, 2.05) is 54.6 Å². The van der Waals surface area contributed by atoms with Crippen LogP contribution in [-0.2, 0) is 15.1 Å². The second-order valence-corrected chi connectivity index (χ2v) is 5.99. The van der Waals surface area contributed by atoms with Gasteiger partial charge in [-0.05, 0) is 52.8 Å². The second-order valence-electron chi connectivity index (χ2n) is 4.74. The molecular formula is C17H16INO2. The number of ether oxygens (including phenoxy) is 1. The lowest BCUT2D eigenvalue weighted by Gasteiger charge is -2.22. The number of methoxy groups -OCH3 is 1. The molecule has 3 nitrogen and oxygen atoms in total. The molecule has 0 heterocycles. The van der Waals surface area contributed by atoms with Crippen molar-refractivity contribution in [1.29, 1.82) is 0 Å². The maximum Gasteiger partial charge on any atom is 0.338 e. The van der Waals surface area contributed by atoms with Crippen molar-refractivity contribution in [1.82, 2.24) is 0 Å². The molecule has 0 spiro atoms. The minimum Gasteiger partial charge on any atom is -0.467 e. The molecule has 0 radical (unpaired) electrons. The van der Waals surface area contributed by atoms with Crippen molar-refractivity contribution >= 4 is 34.8 Å². The van der Waals surface area contributed by atoms with E-state index in [9.17, 15) is 4.79 Å². The molecule has 0 saturated carbocycles. The van der Waals surface area contributed by atoms with Crippen molar-refractivity contribution in [2.24, 2.45) is 4.99 Å². The van der Waals surface area contributed by atoms with Gasteiger partial charge in [0.2, 0.25) is 0 Å². The van der Waals surface area contributed by atoms with Crippen LogP contribution in [0.3, 0.4) is 0 Å². The molecular weight excluding hydrogens is 377 g/mol. The second kappa shape index (κ2) is 6.85. The summed E-state index contributed by atoms with van der Waals surface area (Å²) in [5, 5.41) is 0. The van der Waals surface area contributed by atoms with Gasteiger partial charge in [0.1, 0.15) is 0 Å². The highest BCUT2D eigenvalue weighted by Gasteiger charge is 2.35. The van der Waals surface area contributed by atoms with Gasteiger partial charge < -0.3 is 4.74 Å². The van der Waals surface area contributed by atoms with Crippen molar-refractivity contribution < 1.29 is 9.53 Å². The molecule has 0 aliphatic heterocycles. The fourth-order valence-electron chi connectivity index (χ4n) is 1.96. The Kier molecular flexibility index (Phi) is 5.12. The predicted octanol–water partition coefficient (Wildman–Crippen LogP) is 3.80. The van der Waals surface area contributed by atoms with Crippen molar-refractivity contribution in [3.05, 3.63) is 69.3 Å². The van der Waals surface area contributed by atoms with Gasteiger partial charge in [-0.25, -0.2) is 4.79 Å². The van der Waals surface area contributed by atoms with E-state index in [4.69, 9.17) is 4.74 Å². The number of carbonyl (C=O) groups excluding carboxylic acids is 1. The van der Waals surface area contributed by atoms with Crippen LogP contribution in [0.5, 0.6) is 0 Å². The molecule has 0 amide bonds. The molecule has 2 aromatic carbocycles. The van der Waals surface area contributed by atoms with E-state index in [1.54, 1.807) is 13.1 Å². The minimum absolute atomic E-state index is 0.379. The number of rotatable bonds is 4. The molecule has 4 heteroatoms. The lowest BCUT2D eigenvalue weighted by Crippen LogP contribution is -2.32. The highest BCUT2D eigenvalue weighted by Crippen LogP contribution is 2.27. The van der Waals surface area contributed by atoms with Crippen LogP contribution in [-0.4, -0.2) is 19.3 Å². The van der Waals surface area contributed by atoms with Crippen LogP contribution in [0, 0.1) is 3.57 Å². The normalized spacial score (nSPS) is 13.9. The van der Waals surface area contributed by atoms with E-state index in [0.29, 0.717) is 0 Å². The third-order valence-electron chi connectivity index (χ3n) is 3.26. The van der Waals surface area contributed by atoms with Crippen molar-refractivity contribution in [2.75, 3.05) is 7.11 Å². The Bertz CT molecular complexity index is 638. The van der Waals surface area contributed by atoms with Crippen LogP contribution in [0.1, 0.15) is 18.1 Å². The molecule has 0 unspecified atom stereocenters. The summed E-state index contributed by atoms with van der Waals surface area (Å²) in [6.07, 6.45) is 1.70. The maximum atomic E-state index is 12.2. The van der Waals surface area contributed by atoms with Gasteiger partial charge in [0.25, 0.3) is 0 Å². The molecule has 2 aromatic rings. The lowest BCUT2D eigenvalue weighted by molar-refractivity contribution is -0.146. The van der Waals surface area contributed by atoms with Gasteiger partial charge in [0.15, 0.2) is 5.54 Å². The third kappa shape index (κ3) is 3.69. The van der Waals surface area contributed by atoms with E-state index in [1.165, 1.54) is 7.11 Å². The molecule has 0 aromatic heterocycles. The van der Waals surface area contributed by atoms with Crippen LogP contribution >= 0.6 is 22.6 Å². The average Bonchev–Trinajstić information content (AvgIpc) is 2.53. The zero-order chi connectivity index (χ0) is 15.3.